The van der Waals surface area contributed by atoms with Crippen LogP contribution in [0.25, 0.3) is 0 Å². The molecule has 0 aliphatic rings. The number of hydrogen-bond acceptors (Lipinski definition) is 7. The standard InChI is InChI=1S/C14H16N2O4S/c1-18-11-5-4-10(8-12(11)19-2)9-13-15-16-14(20-13)21-7-3-6-17/h4-6,8H,3,7,9H2,1-2H3. The minimum atomic E-state index is 0.470. The Morgan fingerprint density at radius 3 is 2.76 bits per heavy atom. The molecule has 0 aliphatic carbocycles. The molecular weight excluding hydrogens is 292 g/mol. The normalized spacial score (nSPS) is 10.4. The zero-order valence-corrected chi connectivity index (χ0v) is 12.7. The Kier molecular flexibility index (Phi) is 5.62. The summed E-state index contributed by atoms with van der Waals surface area (Å²) < 4.78 is 16.0. The Morgan fingerprint density at radius 1 is 1.24 bits per heavy atom. The van der Waals surface area contributed by atoms with Crippen molar-refractivity contribution in [1.82, 2.24) is 10.2 Å². The van der Waals surface area contributed by atoms with Crippen LogP contribution in [0.5, 0.6) is 11.5 Å². The monoisotopic (exact) mass is 308 g/mol. The lowest BCUT2D eigenvalue weighted by Gasteiger charge is -2.08. The maximum Gasteiger partial charge on any atom is 0.276 e. The molecule has 1 heterocycles. The van der Waals surface area contributed by atoms with Gasteiger partial charge in [-0.2, -0.15) is 0 Å². The molecule has 0 fully saturated rings. The molecule has 0 spiro atoms. The quantitative estimate of drug-likeness (QED) is 0.421. The van der Waals surface area contributed by atoms with Crippen LogP contribution in [0.15, 0.2) is 27.8 Å². The summed E-state index contributed by atoms with van der Waals surface area (Å²) in [6.45, 7) is 0. The summed E-state index contributed by atoms with van der Waals surface area (Å²) in [5.41, 5.74) is 0.987. The van der Waals surface area contributed by atoms with E-state index in [1.165, 1.54) is 11.8 Å². The van der Waals surface area contributed by atoms with E-state index in [1.54, 1.807) is 14.2 Å². The average molecular weight is 308 g/mol. The third-order valence-electron chi connectivity index (χ3n) is 2.71. The van der Waals surface area contributed by atoms with E-state index in [1.807, 2.05) is 18.2 Å². The first-order valence-electron chi connectivity index (χ1n) is 6.36. The molecule has 21 heavy (non-hydrogen) atoms. The van der Waals surface area contributed by atoms with Crippen LogP contribution >= 0.6 is 11.8 Å². The largest absolute Gasteiger partial charge is 0.493 e. The summed E-state index contributed by atoms with van der Waals surface area (Å²) in [6.07, 6.45) is 1.85. The van der Waals surface area contributed by atoms with Crippen molar-refractivity contribution in [3.8, 4) is 11.5 Å². The smallest absolute Gasteiger partial charge is 0.276 e. The molecule has 1 aromatic carbocycles. The van der Waals surface area contributed by atoms with Crippen LogP contribution in [0.1, 0.15) is 17.9 Å². The highest BCUT2D eigenvalue weighted by Gasteiger charge is 2.10. The molecule has 0 bridgehead atoms. The van der Waals surface area contributed by atoms with Gasteiger partial charge in [0.05, 0.1) is 20.6 Å². The van der Waals surface area contributed by atoms with E-state index in [-0.39, 0.29) is 0 Å². The highest BCUT2D eigenvalue weighted by atomic mass is 32.2. The number of hydrogen-bond donors (Lipinski definition) is 0. The van der Waals surface area contributed by atoms with E-state index >= 15 is 0 Å². The fourth-order valence-electron chi connectivity index (χ4n) is 1.73. The molecule has 2 aromatic rings. The highest BCUT2D eigenvalue weighted by molar-refractivity contribution is 7.99. The number of methoxy groups -OCH3 is 2. The highest BCUT2D eigenvalue weighted by Crippen LogP contribution is 2.28. The fraction of sp³-hybridized carbons (Fsp3) is 0.357. The van der Waals surface area contributed by atoms with Crippen LogP contribution in [0.3, 0.4) is 0 Å². The Balaban J connectivity index is 2.02. The Labute approximate surface area is 126 Å². The van der Waals surface area contributed by atoms with Crippen LogP contribution in [-0.4, -0.2) is 36.5 Å². The van der Waals surface area contributed by atoms with E-state index in [9.17, 15) is 4.79 Å². The molecule has 0 radical (unpaired) electrons. The van der Waals surface area contributed by atoms with Crippen molar-refractivity contribution in [3.05, 3.63) is 29.7 Å². The van der Waals surface area contributed by atoms with Crippen LogP contribution in [0.4, 0.5) is 0 Å². The van der Waals surface area contributed by atoms with Gasteiger partial charge in [0.1, 0.15) is 6.29 Å². The minimum Gasteiger partial charge on any atom is -0.493 e. The van der Waals surface area contributed by atoms with Gasteiger partial charge < -0.3 is 18.7 Å². The molecule has 0 atom stereocenters. The van der Waals surface area contributed by atoms with Gasteiger partial charge >= 0.3 is 0 Å². The van der Waals surface area contributed by atoms with Crippen molar-refractivity contribution in [2.75, 3.05) is 20.0 Å². The van der Waals surface area contributed by atoms with Gasteiger partial charge in [-0.1, -0.05) is 17.8 Å². The molecule has 0 saturated carbocycles. The minimum absolute atomic E-state index is 0.470. The van der Waals surface area contributed by atoms with Gasteiger partial charge in [0.2, 0.25) is 5.89 Å². The van der Waals surface area contributed by atoms with Gasteiger partial charge in [-0.05, 0) is 17.7 Å². The number of nitrogens with zero attached hydrogens (tertiary/aromatic N) is 2. The maximum atomic E-state index is 10.3. The topological polar surface area (TPSA) is 74.5 Å². The SMILES string of the molecule is COc1ccc(Cc2nnc(SCCC=O)o2)cc1OC. The van der Waals surface area contributed by atoms with Crippen LogP contribution in [-0.2, 0) is 11.2 Å². The lowest BCUT2D eigenvalue weighted by molar-refractivity contribution is -0.107. The molecule has 0 N–H and O–H groups in total. The average Bonchev–Trinajstić information content (AvgIpc) is 2.95. The third kappa shape index (κ3) is 4.22. The Hall–Kier alpha value is -2.02. The molecule has 7 heteroatoms. The zero-order chi connectivity index (χ0) is 15.1. The van der Waals surface area contributed by atoms with Crippen molar-refractivity contribution in [2.24, 2.45) is 0 Å². The number of aromatic nitrogens is 2. The summed E-state index contributed by atoms with van der Waals surface area (Å²) in [7, 11) is 3.19. The lowest BCUT2D eigenvalue weighted by atomic mass is 10.1. The van der Waals surface area contributed by atoms with E-state index in [0.29, 0.717) is 41.2 Å². The first kappa shape index (κ1) is 15.4. The molecule has 6 nitrogen and oxygen atoms in total. The second kappa shape index (κ2) is 7.68. The second-order valence-electron chi connectivity index (χ2n) is 4.13. The summed E-state index contributed by atoms with van der Waals surface area (Å²) in [6, 6.07) is 5.64. The predicted octanol–water partition coefficient (Wildman–Crippen LogP) is 2.36. The molecule has 0 unspecified atom stereocenters. The number of rotatable bonds is 8. The zero-order valence-electron chi connectivity index (χ0n) is 11.9. The van der Waals surface area contributed by atoms with Gasteiger partial charge in [0.25, 0.3) is 5.22 Å². The second-order valence-corrected chi connectivity index (χ2v) is 5.18. The van der Waals surface area contributed by atoms with E-state index in [2.05, 4.69) is 10.2 Å². The van der Waals surface area contributed by atoms with Crippen LogP contribution in [0.2, 0.25) is 0 Å². The van der Waals surface area contributed by atoms with Crippen molar-refractivity contribution < 1.29 is 18.7 Å². The number of ether oxygens (including phenoxy) is 2. The van der Waals surface area contributed by atoms with E-state index < -0.39 is 0 Å². The van der Waals surface area contributed by atoms with Crippen molar-refractivity contribution >= 4 is 18.0 Å². The van der Waals surface area contributed by atoms with E-state index in [4.69, 9.17) is 13.9 Å². The Bertz CT molecular complexity index is 600. The molecule has 0 amide bonds. The van der Waals surface area contributed by atoms with Gasteiger partial charge in [0.15, 0.2) is 11.5 Å². The Morgan fingerprint density at radius 2 is 2.05 bits per heavy atom. The van der Waals surface area contributed by atoms with Gasteiger partial charge in [-0.3, -0.25) is 0 Å². The molecule has 0 aliphatic heterocycles. The molecule has 0 saturated heterocycles. The first-order chi connectivity index (χ1) is 10.3. The summed E-state index contributed by atoms with van der Waals surface area (Å²) in [4.78, 5) is 10.3. The van der Waals surface area contributed by atoms with Crippen LogP contribution < -0.4 is 9.47 Å². The van der Waals surface area contributed by atoms with Gasteiger partial charge in [-0.15, -0.1) is 10.2 Å². The number of thioether (sulfide) groups is 1. The molecule has 1 aromatic heterocycles. The number of carbonyl (C=O) groups excluding carboxylic acids is 1. The number of aldehydes is 1. The van der Waals surface area contributed by atoms with Gasteiger partial charge in [0, 0.05) is 12.2 Å². The van der Waals surface area contributed by atoms with Crippen molar-refractivity contribution in [2.45, 2.75) is 18.1 Å². The molecular formula is C14H16N2O4S. The number of benzene rings is 1. The summed E-state index contributed by atoms with van der Waals surface area (Å²) >= 11 is 1.37. The predicted molar refractivity (Wildman–Crippen MR) is 78.1 cm³/mol. The summed E-state index contributed by atoms with van der Waals surface area (Å²) in [5.74, 6) is 2.50. The first-order valence-corrected chi connectivity index (χ1v) is 7.35. The van der Waals surface area contributed by atoms with Crippen molar-refractivity contribution in [3.63, 3.8) is 0 Å². The summed E-state index contributed by atoms with van der Waals surface area (Å²) in [5, 5.41) is 8.40. The number of carbonyl (C=O) groups is 1. The molecule has 112 valence electrons. The third-order valence-corrected chi connectivity index (χ3v) is 3.56. The van der Waals surface area contributed by atoms with Gasteiger partial charge in [-0.25, -0.2) is 0 Å². The van der Waals surface area contributed by atoms with Crippen molar-refractivity contribution in [1.29, 1.82) is 0 Å². The van der Waals surface area contributed by atoms with Crippen LogP contribution in [0, 0.1) is 0 Å². The fourth-order valence-corrected chi connectivity index (χ4v) is 2.37. The van der Waals surface area contributed by atoms with E-state index in [0.717, 1.165) is 11.8 Å². The maximum absolute atomic E-state index is 10.3. The lowest BCUT2D eigenvalue weighted by Crippen LogP contribution is -1.94. The molecule has 2 rings (SSSR count).